The Morgan fingerprint density at radius 2 is 1.93 bits per heavy atom. The van der Waals surface area contributed by atoms with Gasteiger partial charge in [-0.15, -0.1) is 0 Å². The van der Waals surface area contributed by atoms with Gasteiger partial charge in [0, 0.05) is 11.6 Å². The Bertz CT molecular complexity index is 915. The van der Waals surface area contributed by atoms with E-state index in [2.05, 4.69) is 0 Å². The zero-order valence-corrected chi connectivity index (χ0v) is 16.1. The fraction of sp³-hybridized carbons (Fsp3) is 0.273. The molecule has 0 amide bonds. The maximum Gasteiger partial charge on any atom is 0.347 e. The van der Waals surface area contributed by atoms with Gasteiger partial charge in [0.15, 0.2) is 11.9 Å². The summed E-state index contributed by atoms with van der Waals surface area (Å²) < 4.78 is 21.9. The monoisotopic (exact) mass is 382 g/mol. The molecule has 3 rings (SSSR count). The molecule has 6 nitrogen and oxygen atoms in total. The minimum absolute atomic E-state index is 0.206. The van der Waals surface area contributed by atoms with Crippen molar-refractivity contribution in [2.45, 2.75) is 26.9 Å². The summed E-state index contributed by atoms with van der Waals surface area (Å²) in [6, 6.07) is 12.3. The number of ketones is 1. The van der Waals surface area contributed by atoms with Crippen molar-refractivity contribution in [1.29, 1.82) is 0 Å². The highest BCUT2D eigenvalue weighted by atomic mass is 16.6. The largest absolute Gasteiger partial charge is 0.493 e. The van der Waals surface area contributed by atoms with Crippen LogP contribution in [0.15, 0.2) is 48.2 Å². The average Bonchev–Trinajstić information content (AvgIpc) is 2.98. The van der Waals surface area contributed by atoms with Crippen LogP contribution in [0, 0.1) is 0 Å². The van der Waals surface area contributed by atoms with Crippen molar-refractivity contribution in [3.05, 3.63) is 59.4 Å². The number of carbonyl (C=O) groups excluding carboxylic acids is 2. The lowest BCUT2D eigenvalue weighted by Gasteiger charge is -2.13. The Morgan fingerprint density at radius 1 is 1.14 bits per heavy atom. The Labute approximate surface area is 163 Å². The van der Waals surface area contributed by atoms with Gasteiger partial charge in [-0.05, 0) is 45.0 Å². The van der Waals surface area contributed by atoms with Gasteiger partial charge in [0.1, 0.15) is 17.2 Å². The molecule has 0 unspecified atom stereocenters. The fourth-order valence-corrected chi connectivity index (χ4v) is 2.78. The predicted molar refractivity (Wildman–Crippen MR) is 104 cm³/mol. The Balaban J connectivity index is 1.81. The van der Waals surface area contributed by atoms with E-state index in [0.29, 0.717) is 29.4 Å². The predicted octanol–water partition coefficient (Wildman–Crippen LogP) is 4.03. The molecule has 0 aliphatic carbocycles. The molecule has 1 atom stereocenters. The Morgan fingerprint density at radius 3 is 2.68 bits per heavy atom. The average molecular weight is 382 g/mol. The lowest BCUT2D eigenvalue weighted by molar-refractivity contribution is -0.150. The topological polar surface area (TPSA) is 71.1 Å². The second-order valence-electron chi connectivity index (χ2n) is 6.08. The van der Waals surface area contributed by atoms with Crippen LogP contribution in [0.1, 0.15) is 36.7 Å². The number of ether oxygens (including phenoxy) is 4. The van der Waals surface area contributed by atoms with Crippen molar-refractivity contribution < 1.29 is 28.5 Å². The molecule has 0 N–H and O–H groups in total. The number of para-hydroxylation sites is 1. The summed E-state index contributed by atoms with van der Waals surface area (Å²) in [4.78, 5) is 24.4. The van der Waals surface area contributed by atoms with Crippen LogP contribution in [0.4, 0.5) is 0 Å². The third kappa shape index (κ3) is 4.17. The minimum atomic E-state index is -0.761. The summed E-state index contributed by atoms with van der Waals surface area (Å²) in [5, 5.41) is 0. The van der Waals surface area contributed by atoms with Crippen LogP contribution in [-0.2, 0) is 9.53 Å². The van der Waals surface area contributed by atoms with Gasteiger partial charge >= 0.3 is 5.97 Å². The maximum absolute atomic E-state index is 12.6. The second kappa shape index (κ2) is 8.61. The molecule has 0 aromatic heterocycles. The van der Waals surface area contributed by atoms with Gasteiger partial charge in [0.2, 0.25) is 5.78 Å². The Kier molecular flexibility index (Phi) is 5.99. The van der Waals surface area contributed by atoms with Crippen molar-refractivity contribution in [3.63, 3.8) is 0 Å². The lowest BCUT2D eigenvalue weighted by atomic mass is 10.1. The highest BCUT2D eigenvalue weighted by Gasteiger charge is 2.28. The lowest BCUT2D eigenvalue weighted by Crippen LogP contribution is -2.26. The molecular weight excluding hydrogens is 360 g/mol. The summed E-state index contributed by atoms with van der Waals surface area (Å²) in [6.45, 7) is 6.04. The number of carbonyl (C=O) groups is 2. The van der Waals surface area contributed by atoms with Crippen molar-refractivity contribution in [2.75, 3.05) is 13.2 Å². The number of benzene rings is 2. The van der Waals surface area contributed by atoms with Crippen molar-refractivity contribution in [2.24, 2.45) is 0 Å². The van der Waals surface area contributed by atoms with Crippen LogP contribution in [0.3, 0.4) is 0 Å². The smallest absolute Gasteiger partial charge is 0.347 e. The van der Waals surface area contributed by atoms with Crippen LogP contribution in [0.5, 0.6) is 17.2 Å². The maximum atomic E-state index is 12.6. The minimum Gasteiger partial charge on any atom is -0.493 e. The van der Waals surface area contributed by atoms with Crippen LogP contribution >= 0.6 is 0 Å². The first-order valence-electron chi connectivity index (χ1n) is 9.16. The zero-order chi connectivity index (χ0) is 20.1. The molecule has 0 saturated heterocycles. The first-order valence-corrected chi connectivity index (χ1v) is 9.16. The van der Waals surface area contributed by atoms with E-state index in [4.69, 9.17) is 18.9 Å². The number of fused-ring (bicyclic) bond motifs is 1. The number of hydrogen-bond donors (Lipinski definition) is 0. The molecule has 1 heterocycles. The van der Waals surface area contributed by atoms with Crippen LogP contribution in [-0.4, -0.2) is 31.1 Å². The standard InChI is InChI=1S/C22H22O6/c1-4-25-18-9-7-6-8-15(18)12-20-21(23)17-11-10-16(13-19(17)28-20)27-14(3)22(24)26-5-2/h6-14H,4-5H2,1-3H3/b20-12-/t14-/m0/s1. The normalized spacial score (nSPS) is 15.0. The van der Waals surface area contributed by atoms with E-state index >= 15 is 0 Å². The van der Waals surface area contributed by atoms with E-state index in [-0.39, 0.29) is 18.1 Å². The summed E-state index contributed by atoms with van der Waals surface area (Å²) >= 11 is 0. The summed E-state index contributed by atoms with van der Waals surface area (Å²) in [5.41, 5.74) is 1.20. The van der Waals surface area contributed by atoms with Crippen LogP contribution in [0.25, 0.3) is 6.08 Å². The zero-order valence-electron chi connectivity index (χ0n) is 16.1. The van der Waals surface area contributed by atoms with Gasteiger partial charge in [-0.2, -0.15) is 0 Å². The number of Topliss-reactive ketones (excluding diaryl/α,β-unsaturated/α-hetero) is 1. The van der Waals surface area contributed by atoms with Crippen molar-refractivity contribution in [1.82, 2.24) is 0 Å². The van der Waals surface area contributed by atoms with E-state index in [1.54, 1.807) is 38.1 Å². The third-order valence-corrected chi connectivity index (χ3v) is 4.08. The summed E-state index contributed by atoms with van der Waals surface area (Å²) in [5.74, 6) is 1.02. The molecule has 0 spiro atoms. The quantitative estimate of drug-likeness (QED) is 0.532. The Hall–Kier alpha value is -3.28. The number of rotatable bonds is 7. The molecule has 0 bridgehead atoms. The van der Waals surface area contributed by atoms with Crippen LogP contribution < -0.4 is 14.2 Å². The van der Waals surface area contributed by atoms with Crippen molar-refractivity contribution in [3.8, 4) is 17.2 Å². The SMILES string of the molecule is CCOC(=O)[C@H](C)Oc1ccc2c(c1)O/C(=C\c1ccccc1OCC)C2=O. The molecule has 146 valence electrons. The molecule has 0 radical (unpaired) electrons. The van der Waals surface area contributed by atoms with Gasteiger partial charge < -0.3 is 18.9 Å². The first kappa shape index (κ1) is 19.5. The molecule has 0 saturated carbocycles. The number of allylic oxidation sites excluding steroid dienone is 1. The van der Waals surface area contributed by atoms with E-state index < -0.39 is 12.1 Å². The van der Waals surface area contributed by atoms with E-state index in [1.807, 2.05) is 31.2 Å². The first-order chi connectivity index (χ1) is 13.5. The van der Waals surface area contributed by atoms with Gasteiger partial charge in [0.05, 0.1) is 18.8 Å². The molecule has 1 aliphatic rings. The van der Waals surface area contributed by atoms with Gasteiger partial charge in [-0.25, -0.2) is 4.79 Å². The molecule has 0 fully saturated rings. The van der Waals surface area contributed by atoms with Gasteiger partial charge in [-0.3, -0.25) is 4.79 Å². The number of hydrogen-bond acceptors (Lipinski definition) is 6. The highest BCUT2D eigenvalue weighted by molar-refractivity contribution is 6.14. The third-order valence-electron chi connectivity index (χ3n) is 4.08. The molecular formula is C22H22O6. The summed E-state index contributed by atoms with van der Waals surface area (Å²) in [7, 11) is 0. The van der Waals surface area contributed by atoms with E-state index in [1.165, 1.54) is 0 Å². The van der Waals surface area contributed by atoms with Crippen molar-refractivity contribution >= 4 is 17.8 Å². The van der Waals surface area contributed by atoms with E-state index in [9.17, 15) is 9.59 Å². The van der Waals surface area contributed by atoms with Gasteiger partial charge in [0.25, 0.3) is 0 Å². The second-order valence-corrected chi connectivity index (χ2v) is 6.08. The van der Waals surface area contributed by atoms with Crippen LogP contribution in [0.2, 0.25) is 0 Å². The van der Waals surface area contributed by atoms with E-state index in [0.717, 1.165) is 5.56 Å². The molecule has 28 heavy (non-hydrogen) atoms. The molecule has 6 heteroatoms. The van der Waals surface area contributed by atoms with Gasteiger partial charge in [-0.1, -0.05) is 18.2 Å². The molecule has 1 aliphatic heterocycles. The highest BCUT2D eigenvalue weighted by Crippen LogP contribution is 2.36. The molecule has 2 aromatic carbocycles. The summed E-state index contributed by atoms with van der Waals surface area (Å²) in [6.07, 6.45) is 0.901. The number of esters is 1. The fourth-order valence-electron chi connectivity index (χ4n) is 2.78. The molecule has 2 aromatic rings.